The first-order valence-electron chi connectivity index (χ1n) is 6.04. The highest BCUT2D eigenvalue weighted by molar-refractivity contribution is 6.19. The number of hydrogen-bond acceptors (Lipinski definition) is 5. The molecule has 0 saturated heterocycles. The Bertz CT molecular complexity index is 860. The maximum Gasteiger partial charge on any atom is 0.197 e. The van der Waals surface area contributed by atoms with Crippen molar-refractivity contribution in [1.29, 1.82) is 0 Å². The first-order chi connectivity index (χ1) is 9.84. The molecule has 0 spiro atoms. The highest BCUT2D eigenvalue weighted by Gasteiger charge is 2.18. The molecule has 5 heteroatoms. The number of oxazole rings is 2. The Labute approximate surface area is 112 Å². The van der Waals surface area contributed by atoms with Crippen LogP contribution in [0.5, 0.6) is 0 Å². The Kier molecular flexibility index (Phi) is 2.20. The van der Waals surface area contributed by atoms with Gasteiger partial charge in [0.15, 0.2) is 29.7 Å². The second-order valence-electron chi connectivity index (χ2n) is 4.34. The van der Waals surface area contributed by atoms with E-state index in [-0.39, 0.29) is 5.78 Å². The highest BCUT2D eigenvalue weighted by atomic mass is 16.3. The third-order valence-electron chi connectivity index (χ3n) is 3.21. The topological polar surface area (TPSA) is 69.1 Å². The molecule has 0 aliphatic rings. The van der Waals surface area contributed by atoms with Crippen molar-refractivity contribution in [2.45, 2.75) is 0 Å². The zero-order chi connectivity index (χ0) is 13.5. The maximum absolute atomic E-state index is 12.7. The number of nitrogens with zero attached hydrogens (tertiary/aromatic N) is 2. The molecule has 5 nitrogen and oxygen atoms in total. The quantitative estimate of drug-likeness (QED) is 0.520. The van der Waals surface area contributed by atoms with Crippen LogP contribution in [0.4, 0.5) is 0 Å². The van der Waals surface area contributed by atoms with Crippen LogP contribution in [-0.4, -0.2) is 15.8 Å². The first kappa shape index (κ1) is 10.9. The molecule has 0 fully saturated rings. The molecule has 4 aromatic rings. The van der Waals surface area contributed by atoms with Gasteiger partial charge in [0.05, 0.1) is 11.1 Å². The van der Waals surface area contributed by atoms with Crippen LogP contribution in [-0.2, 0) is 0 Å². The number of ketones is 1. The SMILES string of the molecule is O=C(c1cccc2ocnc12)c1cccc2ocnc12. The zero-order valence-electron chi connectivity index (χ0n) is 10.2. The van der Waals surface area contributed by atoms with Crippen LogP contribution in [0.15, 0.2) is 58.0 Å². The minimum atomic E-state index is -0.149. The van der Waals surface area contributed by atoms with Gasteiger partial charge in [0.1, 0.15) is 11.0 Å². The van der Waals surface area contributed by atoms with Gasteiger partial charge in [-0.05, 0) is 24.3 Å². The predicted octanol–water partition coefficient (Wildman–Crippen LogP) is 3.20. The van der Waals surface area contributed by atoms with E-state index in [1.54, 1.807) is 36.4 Å². The van der Waals surface area contributed by atoms with Gasteiger partial charge in [0.2, 0.25) is 0 Å². The summed E-state index contributed by atoms with van der Waals surface area (Å²) in [6.07, 6.45) is 2.66. The molecule has 0 aliphatic heterocycles. The molecule has 0 radical (unpaired) electrons. The first-order valence-corrected chi connectivity index (χ1v) is 6.04. The molecule has 96 valence electrons. The summed E-state index contributed by atoms with van der Waals surface area (Å²) in [5.41, 5.74) is 3.26. The van der Waals surface area contributed by atoms with Gasteiger partial charge < -0.3 is 8.83 Å². The molecule has 0 unspecified atom stereocenters. The molecule has 0 atom stereocenters. The number of carbonyl (C=O) groups is 1. The second kappa shape index (κ2) is 4.03. The van der Waals surface area contributed by atoms with E-state index in [2.05, 4.69) is 9.97 Å². The fourth-order valence-corrected chi connectivity index (χ4v) is 2.28. The fraction of sp³-hybridized carbons (Fsp3) is 0. The predicted molar refractivity (Wildman–Crippen MR) is 71.5 cm³/mol. The monoisotopic (exact) mass is 264 g/mol. The van der Waals surface area contributed by atoms with Crippen molar-refractivity contribution in [3.05, 3.63) is 60.3 Å². The molecule has 2 aromatic carbocycles. The number of fused-ring (bicyclic) bond motifs is 2. The summed E-state index contributed by atoms with van der Waals surface area (Å²) in [4.78, 5) is 20.9. The summed E-state index contributed by atoms with van der Waals surface area (Å²) >= 11 is 0. The van der Waals surface area contributed by atoms with Crippen LogP contribution in [0.3, 0.4) is 0 Å². The van der Waals surface area contributed by atoms with Crippen LogP contribution in [0.25, 0.3) is 22.2 Å². The summed E-state index contributed by atoms with van der Waals surface area (Å²) in [5.74, 6) is -0.149. The third kappa shape index (κ3) is 1.46. The smallest absolute Gasteiger partial charge is 0.197 e. The van der Waals surface area contributed by atoms with Gasteiger partial charge in [-0.3, -0.25) is 4.79 Å². The standard InChI is InChI=1S/C15H8N2O3/c18-15(9-3-1-5-11-13(9)16-7-19-11)10-4-2-6-12-14(10)17-8-20-12/h1-8H. The van der Waals surface area contributed by atoms with E-state index in [0.717, 1.165) is 0 Å². The summed E-state index contributed by atoms with van der Waals surface area (Å²) in [6.45, 7) is 0. The average molecular weight is 264 g/mol. The Morgan fingerprint density at radius 3 is 1.80 bits per heavy atom. The summed E-state index contributed by atoms with van der Waals surface area (Å²) in [7, 11) is 0. The van der Waals surface area contributed by atoms with E-state index in [1.807, 2.05) is 0 Å². The lowest BCUT2D eigenvalue weighted by Gasteiger charge is -2.02. The minimum absolute atomic E-state index is 0.149. The maximum atomic E-state index is 12.7. The second-order valence-corrected chi connectivity index (χ2v) is 4.34. The molecular weight excluding hydrogens is 256 g/mol. The van der Waals surface area contributed by atoms with E-state index in [0.29, 0.717) is 33.3 Å². The van der Waals surface area contributed by atoms with Crippen molar-refractivity contribution in [2.75, 3.05) is 0 Å². The molecule has 4 rings (SSSR count). The van der Waals surface area contributed by atoms with E-state index in [4.69, 9.17) is 8.83 Å². The Morgan fingerprint density at radius 2 is 1.30 bits per heavy atom. The van der Waals surface area contributed by atoms with Crippen molar-refractivity contribution in [3.63, 3.8) is 0 Å². The number of hydrogen-bond donors (Lipinski definition) is 0. The van der Waals surface area contributed by atoms with Gasteiger partial charge in [-0.15, -0.1) is 0 Å². The van der Waals surface area contributed by atoms with Gasteiger partial charge >= 0.3 is 0 Å². The van der Waals surface area contributed by atoms with Crippen LogP contribution in [0.1, 0.15) is 15.9 Å². The van der Waals surface area contributed by atoms with Crippen molar-refractivity contribution in [2.24, 2.45) is 0 Å². The van der Waals surface area contributed by atoms with Crippen molar-refractivity contribution in [3.8, 4) is 0 Å². The Hall–Kier alpha value is -2.95. The molecule has 2 heterocycles. The summed E-state index contributed by atoms with van der Waals surface area (Å²) < 4.78 is 10.4. The van der Waals surface area contributed by atoms with E-state index in [9.17, 15) is 4.79 Å². The molecule has 0 bridgehead atoms. The lowest BCUT2D eigenvalue weighted by Crippen LogP contribution is -2.03. The number of para-hydroxylation sites is 2. The van der Waals surface area contributed by atoms with Crippen molar-refractivity contribution >= 4 is 28.0 Å². The minimum Gasteiger partial charge on any atom is -0.443 e. The normalized spacial score (nSPS) is 11.2. The molecule has 0 N–H and O–H groups in total. The lowest BCUT2D eigenvalue weighted by molar-refractivity contribution is 0.104. The number of carbonyl (C=O) groups excluding carboxylic acids is 1. The molecule has 20 heavy (non-hydrogen) atoms. The molecule has 0 saturated carbocycles. The Balaban J connectivity index is 1.96. The molecule has 0 amide bonds. The summed E-state index contributed by atoms with van der Waals surface area (Å²) in [5, 5.41) is 0. The van der Waals surface area contributed by atoms with Crippen LogP contribution in [0.2, 0.25) is 0 Å². The van der Waals surface area contributed by atoms with E-state index < -0.39 is 0 Å². The number of aromatic nitrogens is 2. The summed E-state index contributed by atoms with van der Waals surface area (Å²) in [6, 6.07) is 10.5. The van der Waals surface area contributed by atoms with Crippen LogP contribution < -0.4 is 0 Å². The average Bonchev–Trinajstić information content (AvgIpc) is 3.13. The Morgan fingerprint density at radius 1 is 0.800 bits per heavy atom. The fourth-order valence-electron chi connectivity index (χ4n) is 2.28. The lowest BCUT2D eigenvalue weighted by atomic mass is 10.0. The van der Waals surface area contributed by atoms with Crippen LogP contribution >= 0.6 is 0 Å². The molecule has 2 aromatic heterocycles. The van der Waals surface area contributed by atoms with Gasteiger partial charge in [0, 0.05) is 0 Å². The van der Waals surface area contributed by atoms with Gasteiger partial charge in [-0.1, -0.05) is 12.1 Å². The third-order valence-corrected chi connectivity index (χ3v) is 3.21. The highest BCUT2D eigenvalue weighted by Crippen LogP contribution is 2.24. The molecule has 0 aliphatic carbocycles. The molecular formula is C15H8N2O3. The van der Waals surface area contributed by atoms with Gasteiger partial charge in [-0.2, -0.15) is 0 Å². The van der Waals surface area contributed by atoms with E-state index >= 15 is 0 Å². The largest absolute Gasteiger partial charge is 0.443 e. The number of benzene rings is 2. The van der Waals surface area contributed by atoms with Gasteiger partial charge in [-0.25, -0.2) is 9.97 Å². The van der Waals surface area contributed by atoms with Crippen molar-refractivity contribution in [1.82, 2.24) is 9.97 Å². The number of rotatable bonds is 2. The van der Waals surface area contributed by atoms with Gasteiger partial charge in [0.25, 0.3) is 0 Å². The van der Waals surface area contributed by atoms with E-state index in [1.165, 1.54) is 12.8 Å². The van der Waals surface area contributed by atoms with Crippen molar-refractivity contribution < 1.29 is 13.6 Å². The van der Waals surface area contributed by atoms with Crippen LogP contribution in [0, 0.1) is 0 Å². The zero-order valence-corrected chi connectivity index (χ0v) is 10.2.